The van der Waals surface area contributed by atoms with Crippen molar-refractivity contribution in [1.82, 2.24) is 19.7 Å². The summed E-state index contributed by atoms with van der Waals surface area (Å²) in [6, 6.07) is 12.7. The number of benzene rings is 2. The zero-order valence-corrected chi connectivity index (χ0v) is 18.1. The quantitative estimate of drug-likeness (QED) is 0.462. The molecule has 0 saturated heterocycles. The van der Waals surface area contributed by atoms with Gasteiger partial charge in [-0.15, -0.1) is 0 Å². The number of hydrogen-bond donors (Lipinski definition) is 2. The molecule has 0 bridgehead atoms. The normalized spacial score (nSPS) is 11.5. The first kappa shape index (κ1) is 20.8. The van der Waals surface area contributed by atoms with Gasteiger partial charge in [0, 0.05) is 24.0 Å². The smallest absolute Gasteiger partial charge is 0.276 e. The second-order valence-electron chi connectivity index (χ2n) is 8.25. The van der Waals surface area contributed by atoms with E-state index >= 15 is 0 Å². The lowest BCUT2D eigenvalue weighted by atomic mass is 10.1. The van der Waals surface area contributed by atoms with E-state index in [9.17, 15) is 9.59 Å². The van der Waals surface area contributed by atoms with Crippen LogP contribution in [-0.2, 0) is 13.0 Å². The predicted octanol–water partition coefficient (Wildman–Crippen LogP) is 4.52. The summed E-state index contributed by atoms with van der Waals surface area (Å²) in [6.45, 7) is 6.62. The number of hydrogen-bond acceptors (Lipinski definition) is 4. The van der Waals surface area contributed by atoms with E-state index in [1.54, 1.807) is 18.2 Å². The number of amides is 1. The fraction of sp³-hybridized carbons (Fsp3) is 0.333. The lowest BCUT2D eigenvalue weighted by Gasteiger charge is -2.12. The first-order valence-electron chi connectivity index (χ1n) is 10.8. The van der Waals surface area contributed by atoms with Gasteiger partial charge in [0.2, 0.25) is 0 Å². The van der Waals surface area contributed by atoms with Gasteiger partial charge in [0.15, 0.2) is 5.69 Å². The number of H-pyrrole nitrogens is 1. The molecule has 160 valence electrons. The molecule has 7 nitrogen and oxygen atoms in total. The number of aryl methyl sites for hydroxylation is 1. The van der Waals surface area contributed by atoms with Crippen molar-refractivity contribution in [2.24, 2.45) is 5.92 Å². The average Bonchev–Trinajstić information content (AvgIpc) is 3.16. The number of aromatic amines is 1. The Kier molecular flexibility index (Phi) is 5.84. The Bertz CT molecular complexity index is 1300. The van der Waals surface area contributed by atoms with Gasteiger partial charge in [-0.25, -0.2) is 9.67 Å². The summed E-state index contributed by atoms with van der Waals surface area (Å²) < 4.78 is 1.39. The number of rotatable bonds is 7. The lowest BCUT2D eigenvalue weighted by molar-refractivity contribution is 0.102. The van der Waals surface area contributed by atoms with E-state index < -0.39 is 0 Å². The number of nitrogens with one attached hydrogen (secondary N) is 2. The van der Waals surface area contributed by atoms with Crippen molar-refractivity contribution in [1.29, 1.82) is 0 Å². The van der Waals surface area contributed by atoms with E-state index in [1.807, 2.05) is 38.1 Å². The highest BCUT2D eigenvalue weighted by atomic mass is 16.2. The Labute approximate surface area is 180 Å². The third-order valence-corrected chi connectivity index (χ3v) is 5.18. The number of fused-ring (bicyclic) bond motifs is 2. The third-order valence-electron chi connectivity index (χ3n) is 5.18. The van der Waals surface area contributed by atoms with Crippen molar-refractivity contribution < 1.29 is 4.79 Å². The van der Waals surface area contributed by atoms with Crippen LogP contribution in [0.2, 0.25) is 0 Å². The number of anilines is 1. The molecule has 31 heavy (non-hydrogen) atoms. The number of carbonyl (C=O) groups excluding carboxylic acids is 1. The highest BCUT2D eigenvalue weighted by molar-refractivity contribution is 6.11. The van der Waals surface area contributed by atoms with Crippen molar-refractivity contribution in [2.75, 3.05) is 5.32 Å². The Hall–Kier alpha value is -3.48. The van der Waals surface area contributed by atoms with E-state index in [-0.39, 0.29) is 23.1 Å². The maximum Gasteiger partial charge on any atom is 0.276 e. The summed E-state index contributed by atoms with van der Waals surface area (Å²) in [6.07, 6.45) is 3.09. The standard InChI is InChI=1S/C24H27N5O2/c1-4-5-10-21-26-19-12-11-16(13-20(19)27-21)25-23(30)22-17-8-6-7-9-18(17)24(31)29(28-22)14-15(2)3/h6-9,11-13,15H,4-5,10,14H2,1-3H3,(H,25,30)(H,26,27). The minimum absolute atomic E-state index is 0.181. The van der Waals surface area contributed by atoms with Crippen LogP contribution >= 0.6 is 0 Å². The van der Waals surface area contributed by atoms with E-state index in [1.165, 1.54) is 4.68 Å². The van der Waals surface area contributed by atoms with Crippen molar-refractivity contribution in [3.8, 4) is 0 Å². The lowest BCUT2D eigenvalue weighted by Crippen LogP contribution is -2.29. The molecule has 0 unspecified atom stereocenters. The molecule has 0 spiro atoms. The van der Waals surface area contributed by atoms with Gasteiger partial charge in [0.05, 0.1) is 16.4 Å². The first-order chi connectivity index (χ1) is 15.0. The maximum atomic E-state index is 13.1. The molecule has 0 fully saturated rings. The molecule has 2 aromatic heterocycles. The van der Waals surface area contributed by atoms with Gasteiger partial charge in [-0.1, -0.05) is 45.4 Å². The summed E-state index contributed by atoms with van der Waals surface area (Å²) in [5, 5.41) is 8.38. The molecule has 4 aromatic rings. The van der Waals surface area contributed by atoms with Gasteiger partial charge >= 0.3 is 0 Å². The number of imidazole rings is 1. The summed E-state index contributed by atoms with van der Waals surface area (Å²) in [4.78, 5) is 33.9. The fourth-order valence-corrected chi connectivity index (χ4v) is 3.67. The highest BCUT2D eigenvalue weighted by Crippen LogP contribution is 2.20. The van der Waals surface area contributed by atoms with Crippen LogP contribution in [0.3, 0.4) is 0 Å². The van der Waals surface area contributed by atoms with Gasteiger partial charge < -0.3 is 10.3 Å². The molecule has 0 aliphatic rings. The van der Waals surface area contributed by atoms with Crippen molar-refractivity contribution >= 4 is 33.4 Å². The molecule has 2 heterocycles. The van der Waals surface area contributed by atoms with Crippen LogP contribution in [0.25, 0.3) is 21.8 Å². The van der Waals surface area contributed by atoms with Gasteiger partial charge in [-0.05, 0) is 36.6 Å². The molecule has 0 aliphatic heterocycles. The van der Waals surface area contributed by atoms with Gasteiger partial charge in [-0.3, -0.25) is 9.59 Å². The molecular formula is C24H27N5O2. The first-order valence-corrected chi connectivity index (χ1v) is 10.8. The molecular weight excluding hydrogens is 390 g/mol. The number of unbranched alkanes of at least 4 members (excludes halogenated alkanes) is 1. The molecule has 1 amide bonds. The third kappa shape index (κ3) is 4.35. The molecule has 0 aliphatic carbocycles. The monoisotopic (exact) mass is 417 g/mol. The van der Waals surface area contributed by atoms with E-state index in [2.05, 4.69) is 27.3 Å². The van der Waals surface area contributed by atoms with Crippen LogP contribution in [0, 0.1) is 5.92 Å². The largest absolute Gasteiger partial charge is 0.342 e. The van der Waals surface area contributed by atoms with Gasteiger partial charge in [0.25, 0.3) is 11.5 Å². The number of carbonyl (C=O) groups is 1. The minimum Gasteiger partial charge on any atom is -0.342 e. The topological polar surface area (TPSA) is 92.7 Å². The van der Waals surface area contributed by atoms with Crippen LogP contribution in [0.15, 0.2) is 47.3 Å². The second-order valence-corrected chi connectivity index (χ2v) is 8.25. The fourth-order valence-electron chi connectivity index (χ4n) is 3.67. The molecule has 2 N–H and O–H groups in total. The Balaban J connectivity index is 1.68. The van der Waals surface area contributed by atoms with Gasteiger partial charge in [-0.2, -0.15) is 5.10 Å². The summed E-state index contributed by atoms with van der Waals surface area (Å²) in [7, 11) is 0. The average molecular weight is 418 g/mol. The van der Waals surface area contributed by atoms with Crippen LogP contribution in [0.1, 0.15) is 49.9 Å². The van der Waals surface area contributed by atoms with E-state index in [0.717, 1.165) is 36.1 Å². The van der Waals surface area contributed by atoms with E-state index in [0.29, 0.717) is 23.0 Å². The minimum atomic E-state index is -0.348. The Morgan fingerprint density at radius 1 is 1.16 bits per heavy atom. The molecule has 4 rings (SSSR count). The summed E-state index contributed by atoms with van der Waals surface area (Å²) >= 11 is 0. The number of nitrogens with zero attached hydrogens (tertiary/aromatic N) is 3. The predicted molar refractivity (Wildman–Crippen MR) is 123 cm³/mol. The molecule has 0 atom stereocenters. The van der Waals surface area contributed by atoms with Crippen LogP contribution in [0.5, 0.6) is 0 Å². The molecule has 2 aromatic carbocycles. The van der Waals surface area contributed by atoms with Crippen molar-refractivity contribution in [2.45, 2.75) is 46.6 Å². The van der Waals surface area contributed by atoms with Crippen molar-refractivity contribution in [3.05, 3.63) is 64.3 Å². The van der Waals surface area contributed by atoms with Gasteiger partial charge in [0.1, 0.15) is 5.82 Å². The molecule has 7 heteroatoms. The van der Waals surface area contributed by atoms with Crippen LogP contribution < -0.4 is 10.9 Å². The van der Waals surface area contributed by atoms with Crippen molar-refractivity contribution in [3.63, 3.8) is 0 Å². The highest BCUT2D eigenvalue weighted by Gasteiger charge is 2.17. The van der Waals surface area contributed by atoms with Crippen LogP contribution in [0.4, 0.5) is 5.69 Å². The maximum absolute atomic E-state index is 13.1. The zero-order chi connectivity index (χ0) is 22.0. The Morgan fingerprint density at radius 3 is 2.68 bits per heavy atom. The second kappa shape index (κ2) is 8.71. The SMILES string of the molecule is CCCCc1nc2ccc(NC(=O)c3nn(CC(C)C)c(=O)c4ccccc34)cc2[nH]1. The van der Waals surface area contributed by atoms with Crippen LogP contribution in [-0.4, -0.2) is 25.7 Å². The molecule has 0 saturated carbocycles. The van der Waals surface area contributed by atoms with E-state index in [4.69, 9.17) is 0 Å². The summed E-state index contributed by atoms with van der Waals surface area (Å²) in [5.74, 6) is 0.833. The molecule has 0 radical (unpaired) electrons. The Morgan fingerprint density at radius 2 is 1.94 bits per heavy atom. The number of aromatic nitrogens is 4. The zero-order valence-electron chi connectivity index (χ0n) is 18.1. The summed E-state index contributed by atoms with van der Waals surface area (Å²) in [5.41, 5.74) is 2.46.